The van der Waals surface area contributed by atoms with Crippen molar-refractivity contribution in [3.8, 4) is 0 Å². The molecule has 2 heterocycles. The van der Waals surface area contributed by atoms with Gasteiger partial charge >= 0.3 is 0 Å². The van der Waals surface area contributed by atoms with E-state index in [0.717, 1.165) is 31.1 Å². The Bertz CT molecular complexity index is 550. The van der Waals surface area contributed by atoms with E-state index in [4.69, 9.17) is 4.52 Å². The van der Waals surface area contributed by atoms with Gasteiger partial charge in [0, 0.05) is 6.42 Å². The molecule has 4 nitrogen and oxygen atoms in total. The number of piperidine rings is 1. The van der Waals surface area contributed by atoms with Crippen LogP contribution in [0.2, 0.25) is 0 Å². The van der Waals surface area contributed by atoms with Crippen LogP contribution in [0.15, 0.2) is 28.8 Å². The molecule has 108 valence electrons. The minimum absolute atomic E-state index is 0. The molecular formula is C15H20ClN3O. The second-order valence-corrected chi connectivity index (χ2v) is 5.15. The van der Waals surface area contributed by atoms with Crippen molar-refractivity contribution in [1.82, 2.24) is 15.5 Å². The summed E-state index contributed by atoms with van der Waals surface area (Å²) in [5.74, 6) is 1.51. The maximum Gasteiger partial charge on any atom is 0.243 e. The lowest BCUT2D eigenvalue weighted by Gasteiger charge is -2.19. The third-order valence-electron chi connectivity index (χ3n) is 3.70. The summed E-state index contributed by atoms with van der Waals surface area (Å²) < 4.78 is 5.39. The van der Waals surface area contributed by atoms with Crippen molar-refractivity contribution >= 4 is 12.4 Å². The summed E-state index contributed by atoms with van der Waals surface area (Å²) >= 11 is 0. The monoisotopic (exact) mass is 293 g/mol. The lowest BCUT2D eigenvalue weighted by Crippen LogP contribution is -2.27. The van der Waals surface area contributed by atoms with Crippen molar-refractivity contribution in [3.05, 3.63) is 47.1 Å². The van der Waals surface area contributed by atoms with Crippen LogP contribution < -0.4 is 5.32 Å². The van der Waals surface area contributed by atoms with Gasteiger partial charge in [0.1, 0.15) is 0 Å². The van der Waals surface area contributed by atoms with Gasteiger partial charge in [0.25, 0.3) is 0 Å². The van der Waals surface area contributed by atoms with Crippen molar-refractivity contribution in [1.29, 1.82) is 0 Å². The van der Waals surface area contributed by atoms with Gasteiger partial charge in [-0.15, -0.1) is 12.4 Å². The quantitative estimate of drug-likeness (QED) is 0.944. The first-order valence-corrected chi connectivity index (χ1v) is 6.93. The van der Waals surface area contributed by atoms with Crippen LogP contribution in [0.3, 0.4) is 0 Å². The fourth-order valence-electron chi connectivity index (χ4n) is 2.52. The van der Waals surface area contributed by atoms with E-state index in [9.17, 15) is 0 Å². The Labute approximate surface area is 125 Å². The second-order valence-electron chi connectivity index (χ2n) is 5.15. The van der Waals surface area contributed by atoms with Crippen LogP contribution in [0.25, 0.3) is 0 Å². The van der Waals surface area contributed by atoms with Gasteiger partial charge in [-0.25, -0.2) is 0 Å². The van der Waals surface area contributed by atoms with E-state index in [1.54, 1.807) is 0 Å². The maximum atomic E-state index is 5.39. The van der Waals surface area contributed by atoms with E-state index in [-0.39, 0.29) is 18.4 Å². The largest absolute Gasteiger partial charge is 0.338 e. The molecule has 1 aliphatic rings. The van der Waals surface area contributed by atoms with Gasteiger partial charge in [0.05, 0.1) is 6.04 Å². The highest BCUT2D eigenvalue weighted by Crippen LogP contribution is 2.22. The zero-order valence-electron chi connectivity index (χ0n) is 11.6. The fourth-order valence-corrected chi connectivity index (χ4v) is 2.52. The van der Waals surface area contributed by atoms with E-state index in [2.05, 4.69) is 34.5 Å². The van der Waals surface area contributed by atoms with Crippen LogP contribution in [0, 0.1) is 6.92 Å². The number of hydrogen-bond acceptors (Lipinski definition) is 4. The molecule has 1 aliphatic heterocycles. The molecule has 20 heavy (non-hydrogen) atoms. The summed E-state index contributed by atoms with van der Waals surface area (Å²) in [5, 5.41) is 7.53. The fraction of sp³-hybridized carbons (Fsp3) is 0.467. The molecule has 0 spiro atoms. The van der Waals surface area contributed by atoms with Crippen molar-refractivity contribution in [2.45, 2.75) is 38.6 Å². The number of aromatic nitrogens is 2. The molecule has 0 radical (unpaired) electrons. The molecule has 1 N–H and O–H groups in total. The van der Waals surface area contributed by atoms with Crippen molar-refractivity contribution in [3.63, 3.8) is 0 Å². The molecule has 1 saturated heterocycles. The molecule has 1 atom stereocenters. The van der Waals surface area contributed by atoms with Crippen molar-refractivity contribution in [2.24, 2.45) is 0 Å². The van der Waals surface area contributed by atoms with E-state index in [1.165, 1.54) is 24.0 Å². The summed E-state index contributed by atoms with van der Waals surface area (Å²) in [6.45, 7) is 3.15. The molecule has 0 bridgehead atoms. The number of aryl methyl sites for hydroxylation is 1. The Morgan fingerprint density at radius 3 is 2.90 bits per heavy atom. The Hall–Kier alpha value is -1.39. The highest BCUT2D eigenvalue weighted by Gasteiger charge is 2.20. The maximum absolute atomic E-state index is 5.39. The van der Waals surface area contributed by atoms with Gasteiger partial charge < -0.3 is 9.84 Å². The Morgan fingerprint density at radius 2 is 2.15 bits per heavy atom. The average Bonchev–Trinajstić information content (AvgIpc) is 2.91. The summed E-state index contributed by atoms with van der Waals surface area (Å²) in [5.41, 5.74) is 2.52. The highest BCUT2D eigenvalue weighted by atomic mass is 35.5. The van der Waals surface area contributed by atoms with E-state index >= 15 is 0 Å². The van der Waals surface area contributed by atoms with Gasteiger partial charge in [-0.2, -0.15) is 4.98 Å². The normalized spacial score (nSPS) is 18.6. The number of nitrogens with zero attached hydrogens (tertiary/aromatic N) is 2. The van der Waals surface area contributed by atoms with Gasteiger partial charge in [0.2, 0.25) is 5.89 Å². The van der Waals surface area contributed by atoms with Gasteiger partial charge in [0.15, 0.2) is 5.82 Å². The number of nitrogens with one attached hydrogen (secondary N) is 1. The average molecular weight is 294 g/mol. The molecule has 0 aliphatic carbocycles. The summed E-state index contributed by atoms with van der Waals surface area (Å²) in [4.78, 5) is 4.53. The van der Waals surface area contributed by atoms with Crippen LogP contribution in [0.5, 0.6) is 0 Å². The number of benzene rings is 1. The second kappa shape index (κ2) is 6.86. The highest BCUT2D eigenvalue weighted by molar-refractivity contribution is 5.85. The van der Waals surface area contributed by atoms with Gasteiger partial charge in [-0.1, -0.05) is 35.8 Å². The lowest BCUT2D eigenvalue weighted by molar-refractivity contribution is 0.296. The predicted octanol–water partition coefficient (Wildman–Crippen LogP) is 3.21. The topological polar surface area (TPSA) is 51.0 Å². The van der Waals surface area contributed by atoms with Gasteiger partial charge in [-0.3, -0.25) is 0 Å². The van der Waals surface area contributed by atoms with Crippen LogP contribution in [0.4, 0.5) is 0 Å². The van der Waals surface area contributed by atoms with Crippen molar-refractivity contribution in [2.75, 3.05) is 6.54 Å². The minimum Gasteiger partial charge on any atom is -0.338 e. The van der Waals surface area contributed by atoms with Crippen molar-refractivity contribution < 1.29 is 4.52 Å². The zero-order chi connectivity index (χ0) is 13.1. The van der Waals surface area contributed by atoms with E-state index in [1.807, 2.05) is 12.1 Å². The molecule has 3 rings (SSSR count). The molecule has 1 aromatic heterocycles. The minimum atomic E-state index is 0. The van der Waals surface area contributed by atoms with Gasteiger partial charge in [-0.05, 0) is 37.4 Å². The molecule has 0 unspecified atom stereocenters. The smallest absolute Gasteiger partial charge is 0.243 e. The predicted molar refractivity (Wildman–Crippen MR) is 80.1 cm³/mol. The Kier molecular flexibility index (Phi) is 5.15. The SMILES string of the molecule is Cc1ccccc1Cc1noc([C@H]2CCCCN2)n1.Cl. The first-order valence-electron chi connectivity index (χ1n) is 6.93. The van der Waals surface area contributed by atoms with Crippen LogP contribution in [-0.4, -0.2) is 16.7 Å². The van der Waals surface area contributed by atoms with Crippen LogP contribution in [0.1, 0.15) is 48.1 Å². The molecule has 0 saturated carbocycles. The zero-order valence-corrected chi connectivity index (χ0v) is 12.4. The van der Waals surface area contributed by atoms with Crippen LogP contribution >= 0.6 is 12.4 Å². The first kappa shape index (κ1) is 15.0. The molecule has 0 amide bonds. The molecule has 2 aromatic rings. The first-order chi connectivity index (χ1) is 9.33. The van der Waals surface area contributed by atoms with Crippen LogP contribution in [-0.2, 0) is 6.42 Å². The Balaban J connectivity index is 0.00000147. The van der Waals surface area contributed by atoms with E-state index < -0.39 is 0 Å². The third kappa shape index (κ3) is 3.38. The molecular weight excluding hydrogens is 274 g/mol. The Morgan fingerprint density at radius 1 is 1.30 bits per heavy atom. The third-order valence-corrected chi connectivity index (χ3v) is 3.70. The molecule has 1 aromatic carbocycles. The lowest BCUT2D eigenvalue weighted by atomic mass is 10.0. The molecule has 5 heteroatoms. The standard InChI is InChI=1S/C15H19N3O.ClH/c1-11-6-2-3-7-12(11)10-14-17-15(19-18-14)13-8-4-5-9-16-13;/h2-3,6-7,13,16H,4-5,8-10H2,1H3;1H/t13-;/m1./s1. The number of hydrogen-bond donors (Lipinski definition) is 1. The number of rotatable bonds is 3. The molecule has 1 fully saturated rings. The summed E-state index contributed by atoms with van der Waals surface area (Å²) in [6, 6.07) is 8.56. The number of halogens is 1. The summed E-state index contributed by atoms with van der Waals surface area (Å²) in [6.07, 6.45) is 4.29. The summed E-state index contributed by atoms with van der Waals surface area (Å²) in [7, 11) is 0. The van der Waals surface area contributed by atoms with E-state index in [0.29, 0.717) is 0 Å².